The molecule has 1 aromatic carbocycles. The number of hydrogen-bond acceptors (Lipinski definition) is 5. The molecule has 5 nitrogen and oxygen atoms in total. The molecule has 1 aromatic heterocycles. The van der Waals surface area contributed by atoms with Crippen molar-refractivity contribution in [3.63, 3.8) is 0 Å². The van der Waals surface area contributed by atoms with Gasteiger partial charge in [-0.05, 0) is 24.4 Å². The highest BCUT2D eigenvalue weighted by molar-refractivity contribution is 7.78. The number of rotatable bonds is 2. The quantitative estimate of drug-likeness (QED) is 0.621. The zero-order valence-corrected chi connectivity index (χ0v) is 13.1. The smallest absolute Gasteiger partial charge is 0.382 e. The van der Waals surface area contributed by atoms with E-state index in [4.69, 9.17) is 34.2 Å². The van der Waals surface area contributed by atoms with Crippen molar-refractivity contribution >= 4 is 52.1 Å². The van der Waals surface area contributed by atoms with Crippen LogP contribution in [-0.2, 0) is 6.18 Å². The average molecular weight is 378 g/mol. The fraction of sp³-hybridized carbons (Fsp3) is 0.0833. The number of hydrogen-bond donors (Lipinski definition) is 1. The van der Waals surface area contributed by atoms with Gasteiger partial charge < -0.3 is 5.73 Å². The van der Waals surface area contributed by atoms with Crippen molar-refractivity contribution in [2.24, 2.45) is 4.99 Å². The summed E-state index contributed by atoms with van der Waals surface area (Å²) in [4.78, 5) is 3.61. The lowest BCUT2D eigenvalue weighted by Crippen LogP contribution is -2.08. The molecule has 0 unspecified atom stereocenters. The largest absolute Gasteiger partial charge is 0.416 e. The van der Waals surface area contributed by atoms with Crippen LogP contribution in [0, 0.1) is 11.3 Å². The molecule has 0 saturated carbocycles. The van der Waals surface area contributed by atoms with Crippen molar-refractivity contribution in [1.29, 1.82) is 5.26 Å². The minimum absolute atomic E-state index is 0.0745. The van der Waals surface area contributed by atoms with Crippen LogP contribution in [0.4, 0.5) is 24.7 Å². The van der Waals surface area contributed by atoms with Crippen LogP contribution >= 0.6 is 35.4 Å². The minimum Gasteiger partial charge on any atom is -0.382 e. The SMILES string of the molecule is N#Cc1nn(-c2c(Cl)cc(C(F)(F)F)cc2Cl)c(N)c1N=C=S. The third-order valence-corrected chi connectivity index (χ3v) is 3.38. The standard InChI is InChI=1S/C12H4Cl2F3N5S/c13-6-1-5(12(15,16)17)2-7(14)10(6)22-11(19)9(20-4-23)8(3-18)21-22/h1-2H,19H2. The molecular weight excluding hydrogens is 374 g/mol. The zero-order valence-electron chi connectivity index (χ0n) is 10.8. The highest BCUT2D eigenvalue weighted by Gasteiger charge is 2.32. The van der Waals surface area contributed by atoms with E-state index in [0.717, 1.165) is 4.68 Å². The molecule has 0 spiro atoms. The Kier molecular flexibility index (Phi) is 4.63. The zero-order chi connectivity index (χ0) is 17.4. The first-order valence-corrected chi connectivity index (χ1v) is 6.80. The number of thiocarbonyl (C=S) groups is 1. The fourth-order valence-electron chi connectivity index (χ4n) is 1.76. The van der Waals surface area contributed by atoms with Gasteiger partial charge in [-0.15, -0.1) is 0 Å². The van der Waals surface area contributed by atoms with Gasteiger partial charge in [-0.3, -0.25) is 0 Å². The summed E-state index contributed by atoms with van der Waals surface area (Å²) < 4.78 is 39.2. The van der Waals surface area contributed by atoms with Crippen molar-refractivity contribution in [3.8, 4) is 11.8 Å². The Hall–Kier alpha value is -2.11. The number of nitrogens with two attached hydrogens (primary N) is 1. The van der Waals surface area contributed by atoms with E-state index in [9.17, 15) is 13.2 Å². The number of halogens is 5. The van der Waals surface area contributed by atoms with Crippen molar-refractivity contribution < 1.29 is 13.2 Å². The number of isothiocyanates is 1. The molecule has 0 bridgehead atoms. The van der Waals surface area contributed by atoms with Crippen molar-refractivity contribution in [2.45, 2.75) is 6.18 Å². The van der Waals surface area contributed by atoms with Gasteiger partial charge in [0.05, 0.1) is 20.8 Å². The molecule has 0 atom stereocenters. The second kappa shape index (κ2) is 6.18. The highest BCUT2D eigenvalue weighted by atomic mass is 35.5. The molecule has 0 aliphatic rings. The van der Waals surface area contributed by atoms with E-state index in [1.165, 1.54) is 0 Å². The van der Waals surface area contributed by atoms with Crippen LogP contribution in [0.2, 0.25) is 10.0 Å². The normalized spacial score (nSPS) is 11.0. The number of aromatic nitrogens is 2. The van der Waals surface area contributed by atoms with E-state index in [2.05, 4.69) is 22.3 Å². The molecule has 2 aromatic rings. The van der Waals surface area contributed by atoms with Gasteiger partial charge in [0.15, 0.2) is 17.2 Å². The van der Waals surface area contributed by atoms with Crippen LogP contribution in [0.3, 0.4) is 0 Å². The summed E-state index contributed by atoms with van der Waals surface area (Å²) in [6.45, 7) is 0. The van der Waals surface area contributed by atoms with E-state index in [1.54, 1.807) is 6.07 Å². The van der Waals surface area contributed by atoms with Gasteiger partial charge in [-0.2, -0.15) is 28.5 Å². The lowest BCUT2D eigenvalue weighted by atomic mass is 10.2. The maximum Gasteiger partial charge on any atom is 0.416 e. The molecule has 2 N–H and O–H groups in total. The minimum atomic E-state index is -4.62. The lowest BCUT2D eigenvalue weighted by Gasteiger charge is -2.13. The molecule has 0 fully saturated rings. The van der Waals surface area contributed by atoms with Crippen molar-refractivity contribution in [1.82, 2.24) is 9.78 Å². The predicted molar refractivity (Wildman–Crippen MR) is 82.4 cm³/mol. The van der Waals surface area contributed by atoms with E-state index >= 15 is 0 Å². The van der Waals surface area contributed by atoms with E-state index in [-0.39, 0.29) is 32.9 Å². The molecule has 0 amide bonds. The second-order valence-corrected chi connectivity index (χ2v) is 5.09. The predicted octanol–water partition coefficient (Wildman–Crippen LogP) is 4.39. The van der Waals surface area contributed by atoms with Gasteiger partial charge in [0.2, 0.25) is 0 Å². The first-order valence-electron chi connectivity index (χ1n) is 5.63. The summed E-state index contributed by atoms with van der Waals surface area (Å²) in [5, 5.41) is 14.2. The first-order chi connectivity index (χ1) is 10.7. The van der Waals surface area contributed by atoms with Crippen LogP contribution in [-0.4, -0.2) is 14.9 Å². The second-order valence-electron chi connectivity index (χ2n) is 4.10. The molecule has 0 aliphatic carbocycles. The van der Waals surface area contributed by atoms with Crippen molar-refractivity contribution in [3.05, 3.63) is 33.4 Å². The summed E-state index contributed by atoms with van der Waals surface area (Å²) in [6, 6.07) is 3.09. The summed E-state index contributed by atoms with van der Waals surface area (Å²) in [6.07, 6.45) is -4.62. The molecule has 2 rings (SSSR count). The van der Waals surface area contributed by atoms with Crippen LogP contribution < -0.4 is 5.73 Å². The summed E-state index contributed by atoms with van der Waals surface area (Å²) >= 11 is 16.2. The van der Waals surface area contributed by atoms with E-state index in [1.807, 2.05) is 5.16 Å². The van der Waals surface area contributed by atoms with Crippen LogP contribution in [0.1, 0.15) is 11.3 Å². The number of nitriles is 1. The lowest BCUT2D eigenvalue weighted by molar-refractivity contribution is -0.137. The van der Waals surface area contributed by atoms with Gasteiger partial charge >= 0.3 is 6.18 Å². The summed E-state index contributed by atoms with van der Waals surface area (Å²) in [5.41, 5.74) is 4.37. The molecule has 0 saturated heterocycles. The summed E-state index contributed by atoms with van der Waals surface area (Å²) in [7, 11) is 0. The number of nitrogen functional groups attached to an aromatic ring is 1. The molecule has 118 valence electrons. The van der Waals surface area contributed by atoms with Gasteiger partial charge in [0, 0.05) is 0 Å². The van der Waals surface area contributed by atoms with E-state index in [0.29, 0.717) is 12.1 Å². The van der Waals surface area contributed by atoms with Crippen molar-refractivity contribution in [2.75, 3.05) is 5.73 Å². The van der Waals surface area contributed by atoms with E-state index < -0.39 is 11.7 Å². The molecular formula is C12H4Cl2F3N5S. The number of benzene rings is 1. The van der Waals surface area contributed by atoms with Gasteiger partial charge in [-0.1, -0.05) is 23.2 Å². The number of alkyl halides is 3. The fourth-order valence-corrected chi connectivity index (χ4v) is 2.49. The monoisotopic (exact) mass is 377 g/mol. The number of nitrogens with zero attached hydrogens (tertiary/aromatic N) is 4. The van der Waals surface area contributed by atoms with Crippen LogP contribution in [0.25, 0.3) is 5.69 Å². The number of aliphatic imine (C=N–C) groups is 1. The summed E-state index contributed by atoms with van der Waals surface area (Å²) in [5.74, 6) is -0.164. The van der Waals surface area contributed by atoms with Crippen LogP contribution in [0.15, 0.2) is 17.1 Å². The molecule has 1 heterocycles. The molecule has 0 aliphatic heterocycles. The Morgan fingerprint density at radius 2 is 1.87 bits per heavy atom. The van der Waals surface area contributed by atoms with Gasteiger partial charge in [-0.25, -0.2) is 4.68 Å². The Morgan fingerprint density at radius 3 is 2.30 bits per heavy atom. The van der Waals surface area contributed by atoms with Gasteiger partial charge in [0.1, 0.15) is 11.8 Å². The third kappa shape index (κ3) is 3.16. The van der Waals surface area contributed by atoms with Crippen LogP contribution in [0.5, 0.6) is 0 Å². The number of anilines is 1. The average Bonchev–Trinajstić information content (AvgIpc) is 2.75. The Balaban J connectivity index is 2.74. The maximum absolute atomic E-state index is 12.7. The first kappa shape index (κ1) is 17.2. The Bertz CT molecular complexity index is 855. The third-order valence-electron chi connectivity index (χ3n) is 2.71. The molecule has 0 radical (unpaired) electrons. The Labute approximate surface area is 142 Å². The topological polar surface area (TPSA) is 80.0 Å². The highest BCUT2D eigenvalue weighted by Crippen LogP contribution is 2.39. The molecule has 23 heavy (non-hydrogen) atoms. The molecule has 11 heteroatoms. The maximum atomic E-state index is 12.7. The Morgan fingerprint density at radius 1 is 1.30 bits per heavy atom. The van der Waals surface area contributed by atoms with Gasteiger partial charge in [0.25, 0.3) is 0 Å².